The number of para-hydroxylation sites is 1. The Hall–Kier alpha value is -1.55. The Kier molecular flexibility index (Phi) is 5.41. The van der Waals surface area contributed by atoms with Gasteiger partial charge in [0, 0.05) is 13.1 Å². The van der Waals surface area contributed by atoms with Crippen LogP contribution in [0.5, 0.6) is 5.75 Å². The van der Waals surface area contributed by atoms with E-state index in [4.69, 9.17) is 4.74 Å². The smallest absolute Gasteiger partial charge is 0.224 e. The van der Waals surface area contributed by atoms with Gasteiger partial charge in [0.1, 0.15) is 5.75 Å². The Morgan fingerprint density at radius 3 is 2.80 bits per heavy atom. The van der Waals surface area contributed by atoms with Gasteiger partial charge in [-0.2, -0.15) is 0 Å². The summed E-state index contributed by atoms with van der Waals surface area (Å²) in [6, 6.07) is 6.14. The van der Waals surface area contributed by atoms with Gasteiger partial charge in [0.2, 0.25) is 5.91 Å². The first kappa shape index (κ1) is 14.9. The second-order valence-corrected chi connectivity index (χ2v) is 5.40. The molecule has 1 atom stereocenters. The Balaban J connectivity index is 1.65. The van der Waals surface area contributed by atoms with Crippen LogP contribution in [0.4, 0.5) is 0 Å². The minimum atomic E-state index is 0.148. The first-order valence-corrected chi connectivity index (χ1v) is 7.36. The lowest BCUT2D eigenvalue weighted by atomic mass is 10.1. The number of carbonyl (C=O) groups is 1. The zero-order chi connectivity index (χ0) is 14.4. The summed E-state index contributed by atoms with van der Waals surface area (Å²) in [5.41, 5.74) is 2.32. The van der Waals surface area contributed by atoms with Crippen LogP contribution in [0.1, 0.15) is 24.0 Å². The maximum Gasteiger partial charge on any atom is 0.224 e. The molecule has 0 saturated carbocycles. The molecule has 1 aromatic rings. The highest BCUT2D eigenvalue weighted by atomic mass is 16.5. The predicted molar refractivity (Wildman–Crippen MR) is 80.0 cm³/mol. The van der Waals surface area contributed by atoms with Crippen molar-refractivity contribution in [2.75, 3.05) is 26.2 Å². The van der Waals surface area contributed by atoms with E-state index in [1.807, 2.05) is 6.07 Å². The molecule has 1 fully saturated rings. The molecule has 20 heavy (non-hydrogen) atoms. The average Bonchev–Trinajstić information content (AvgIpc) is 2.95. The largest absolute Gasteiger partial charge is 0.493 e. The molecule has 1 aromatic carbocycles. The van der Waals surface area contributed by atoms with Crippen molar-refractivity contribution in [1.29, 1.82) is 0 Å². The normalized spacial score (nSPS) is 18.0. The van der Waals surface area contributed by atoms with Crippen molar-refractivity contribution >= 4 is 5.91 Å². The number of benzene rings is 1. The van der Waals surface area contributed by atoms with E-state index in [0.29, 0.717) is 13.2 Å². The van der Waals surface area contributed by atoms with E-state index < -0.39 is 0 Å². The Morgan fingerprint density at radius 1 is 1.40 bits per heavy atom. The molecule has 1 amide bonds. The van der Waals surface area contributed by atoms with E-state index in [2.05, 4.69) is 36.6 Å². The summed E-state index contributed by atoms with van der Waals surface area (Å²) in [6.45, 7) is 7.18. The zero-order valence-corrected chi connectivity index (χ0v) is 12.4. The topological polar surface area (TPSA) is 50.4 Å². The number of hydrogen-bond acceptors (Lipinski definition) is 3. The fourth-order valence-electron chi connectivity index (χ4n) is 2.51. The molecule has 2 N–H and O–H groups in total. The van der Waals surface area contributed by atoms with E-state index in [1.165, 1.54) is 0 Å². The molecule has 1 saturated heterocycles. The third-order valence-corrected chi connectivity index (χ3v) is 3.71. The molecule has 0 unspecified atom stereocenters. The molecule has 4 heteroatoms. The number of nitrogens with one attached hydrogen (secondary N) is 2. The molecule has 0 bridgehead atoms. The second kappa shape index (κ2) is 7.29. The molecule has 0 aliphatic carbocycles. The third-order valence-electron chi connectivity index (χ3n) is 3.71. The molecule has 1 heterocycles. The number of rotatable bonds is 6. The van der Waals surface area contributed by atoms with Crippen LogP contribution in [0, 0.1) is 19.8 Å². The quantitative estimate of drug-likeness (QED) is 0.779. The minimum Gasteiger partial charge on any atom is -0.493 e. The van der Waals surface area contributed by atoms with Crippen molar-refractivity contribution in [2.24, 2.45) is 5.92 Å². The number of amides is 1. The summed E-state index contributed by atoms with van der Waals surface area (Å²) in [7, 11) is 0. The van der Waals surface area contributed by atoms with Crippen molar-refractivity contribution in [3.63, 3.8) is 0 Å². The molecule has 4 nitrogen and oxygen atoms in total. The van der Waals surface area contributed by atoms with E-state index in [1.54, 1.807) is 0 Å². The lowest BCUT2D eigenvalue weighted by Gasteiger charge is -2.13. The van der Waals surface area contributed by atoms with Gasteiger partial charge >= 0.3 is 0 Å². The number of carbonyl (C=O) groups excluding carboxylic acids is 1. The Labute approximate surface area is 120 Å². The summed E-state index contributed by atoms with van der Waals surface area (Å²) in [6.07, 6.45) is 1.78. The van der Waals surface area contributed by atoms with Crippen LogP contribution in [0.15, 0.2) is 18.2 Å². The highest BCUT2D eigenvalue weighted by molar-refractivity contribution is 5.79. The first-order valence-electron chi connectivity index (χ1n) is 7.36. The first-order chi connectivity index (χ1) is 9.68. The van der Waals surface area contributed by atoms with Crippen LogP contribution < -0.4 is 15.4 Å². The zero-order valence-electron chi connectivity index (χ0n) is 12.4. The number of hydrogen-bond donors (Lipinski definition) is 2. The van der Waals surface area contributed by atoms with Crippen molar-refractivity contribution in [1.82, 2.24) is 10.6 Å². The maximum absolute atomic E-state index is 11.8. The van der Waals surface area contributed by atoms with Gasteiger partial charge in [0.25, 0.3) is 0 Å². The number of ether oxygens (including phenoxy) is 1. The SMILES string of the molecule is Cc1cccc(C)c1OCCCNC(=O)[C@H]1CCNC1. The standard InChI is InChI=1S/C16H24N2O2/c1-12-5-3-6-13(2)15(12)20-10-4-8-18-16(19)14-7-9-17-11-14/h3,5-6,14,17H,4,7-11H2,1-2H3,(H,18,19)/t14-/m0/s1. The Bertz CT molecular complexity index is 434. The van der Waals surface area contributed by atoms with E-state index in [-0.39, 0.29) is 11.8 Å². The second-order valence-electron chi connectivity index (χ2n) is 5.40. The van der Waals surface area contributed by atoms with Gasteiger partial charge in [0.15, 0.2) is 0 Å². The Morgan fingerprint density at radius 2 is 2.15 bits per heavy atom. The maximum atomic E-state index is 11.8. The van der Waals surface area contributed by atoms with Gasteiger partial charge in [-0.15, -0.1) is 0 Å². The molecule has 2 rings (SSSR count). The molecule has 0 aromatic heterocycles. The van der Waals surface area contributed by atoms with Gasteiger partial charge in [-0.25, -0.2) is 0 Å². The minimum absolute atomic E-state index is 0.148. The summed E-state index contributed by atoms with van der Waals surface area (Å²) in [5.74, 6) is 1.29. The van der Waals surface area contributed by atoms with Gasteiger partial charge in [0.05, 0.1) is 12.5 Å². The summed E-state index contributed by atoms with van der Waals surface area (Å²) >= 11 is 0. The van der Waals surface area contributed by atoms with Crippen molar-refractivity contribution in [3.05, 3.63) is 29.3 Å². The van der Waals surface area contributed by atoms with Crippen LogP contribution in [-0.2, 0) is 4.79 Å². The van der Waals surface area contributed by atoms with Crippen molar-refractivity contribution in [2.45, 2.75) is 26.7 Å². The summed E-state index contributed by atoms with van der Waals surface area (Å²) < 4.78 is 5.81. The fourth-order valence-corrected chi connectivity index (χ4v) is 2.51. The lowest BCUT2D eigenvalue weighted by Crippen LogP contribution is -2.33. The van der Waals surface area contributed by atoms with Gasteiger partial charge in [-0.3, -0.25) is 4.79 Å². The van der Waals surface area contributed by atoms with Crippen molar-refractivity contribution in [3.8, 4) is 5.75 Å². The fraction of sp³-hybridized carbons (Fsp3) is 0.562. The van der Waals surface area contributed by atoms with Crippen LogP contribution in [0.2, 0.25) is 0 Å². The summed E-state index contributed by atoms with van der Waals surface area (Å²) in [5, 5.41) is 6.18. The highest BCUT2D eigenvalue weighted by Gasteiger charge is 2.21. The molecule has 0 radical (unpaired) electrons. The molecule has 110 valence electrons. The van der Waals surface area contributed by atoms with E-state index in [9.17, 15) is 4.79 Å². The van der Waals surface area contributed by atoms with Gasteiger partial charge < -0.3 is 15.4 Å². The monoisotopic (exact) mass is 276 g/mol. The third kappa shape index (κ3) is 3.97. The van der Waals surface area contributed by atoms with Gasteiger partial charge in [-0.1, -0.05) is 18.2 Å². The predicted octanol–water partition coefficient (Wildman–Crippen LogP) is 1.80. The van der Waals surface area contributed by atoms with E-state index >= 15 is 0 Å². The molecular formula is C16H24N2O2. The lowest BCUT2D eigenvalue weighted by molar-refractivity contribution is -0.124. The van der Waals surface area contributed by atoms with Crippen LogP contribution in [0.3, 0.4) is 0 Å². The molecular weight excluding hydrogens is 252 g/mol. The van der Waals surface area contributed by atoms with Crippen LogP contribution in [-0.4, -0.2) is 32.1 Å². The van der Waals surface area contributed by atoms with Crippen LogP contribution >= 0.6 is 0 Å². The molecule has 1 aliphatic rings. The number of aryl methyl sites for hydroxylation is 2. The van der Waals surface area contributed by atoms with E-state index in [0.717, 1.165) is 42.8 Å². The molecule has 1 aliphatic heterocycles. The van der Waals surface area contributed by atoms with Crippen LogP contribution in [0.25, 0.3) is 0 Å². The molecule has 0 spiro atoms. The highest BCUT2D eigenvalue weighted by Crippen LogP contribution is 2.22. The van der Waals surface area contributed by atoms with Crippen molar-refractivity contribution < 1.29 is 9.53 Å². The summed E-state index contributed by atoms with van der Waals surface area (Å²) in [4.78, 5) is 11.8. The van der Waals surface area contributed by atoms with Gasteiger partial charge in [-0.05, 0) is 44.4 Å². The average molecular weight is 276 g/mol.